The highest BCUT2D eigenvalue weighted by Crippen LogP contribution is 2.35. The maximum atomic E-state index is 13.3. The zero-order valence-electron chi connectivity index (χ0n) is 17.0. The summed E-state index contributed by atoms with van der Waals surface area (Å²) < 4.78 is 37.8. The molecule has 0 unspecified atom stereocenters. The fourth-order valence-electron chi connectivity index (χ4n) is 3.20. The molecule has 1 aliphatic rings. The number of thioether (sulfide) groups is 1. The SMILES string of the molecule is O=C(CSc1oc(-c2ccccc2)nc1S(=O)(=O)c1ccc(Cl)cc1)NC[C@@H]1CCCO1. The highest BCUT2D eigenvalue weighted by atomic mass is 35.5. The fraction of sp³-hybridized carbons (Fsp3) is 0.273. The van der Waals surface area contributed by atoms with E-state index in [1.807, 2.05) is 6.07 Å². The van der Waals surface area contributed by atoms with Gasteiger partial charge in [0.15, 0.2) is 0 Å². The van der Waals surface area contributed by atoms with Gasteiger partial charge >= 0.3 is 0 Å². The molecule has 0 spiro atoms. The van der Waals surface area contributed by atoms with Crippen molar-refractivity contribution in [3.63, 3.8) is 0 Å². The van der Waals surface area contributed by atoms with Crippen LogP contribution in [0.4, 0.5) is 0 Å². The minimum absolute atomic E-state index is 0.0146. The molecule has 2 aromatic carbocycles. The summed E-state index contributed by atoms with van der Waals surface area (Å²) in [6.45, 7) is 1.14. The number of carbonyl (C=O) groups is 1. The number of nitrogens with one attached hydrogen (secondary N) is 1. The monoisotopic (exact) mass is 492 g/mol. The molecule has 0 saturated carbocycles. The van der Waals surface area contributed by atoms with Gasteiger partial charge in [-0.1, -0.05) is 41.6 Å². The third-order valence-corrected chi connectivity index (χ3v) is 7.86. The molecule has 0 radical (unpaired) electrons. The second kappa shape index (κ2) is 10.1. The van der Waals surface area contributed by atoms with Gasteiger partial charge in [-0.15, -0.1) is 0 Å². The van der Waals surface area contributed by atoms with Crippen molar-refractivity contribution in [2.24, 2.45) is 0 Å². The summed E-state index contributed by atoms with van der Waals surface area (Å²) in [5, 5.41) is 3.08. The van der Waals surface area contributed by atoms with Crippen LogP contribution in [0.25, 0.3) is 11.5 Å². The quantitative estimate of drug-likeness (QED) is 0.470. The Labute approximate surface area is 195 Å². The van der Waals surface area contributed by atoms with E-state index in [9.17, 15) is 13.2 Å². The molecule has 1 amide bonds. The molecule has 0 aliphatic carbocycles. The number of oxazole rings is 1. The lowest BCUT2D eigenvalue weighted by atomic mass is 10.2. The van der Waals surface area contributed by atoms with Crippen molar-refractivity contribution in [2.75, 3.05) is 18.9 Å². The molecule has 1 fully saturated rings. The van der Waals surface area contributed by atoms with E-state index in [0.717, 1.165) is 24.6 Å². The summed E-state index contributed by atoms with van der Waals surface area (Å²) in [7, 11) is -3.98. The summed E-state index contributed by atoms with van der Waals surface area (Å²) in [6, 6.07) is 14.8. The predicted octanol–water partition coefficient (Wildman–Crippen LogP) is 4.22. The average Bonchev–Trinajstić information content (AvgIpc) is 3.47. The number of rotatable bonds is 8. The van der Waals surface area contributed by atoms with Gasteiger partial charge in [0.2, 0.25) is 31.8 Å². The standard InChI is InChI=1S/C22H21ClN2O5S2/c23-16-8-10-18(11-9-16)32(27,28)21-22(30-20(25-21)15-5-2-1-3-6-15)31-14-19(26)24-13-17-7-4-12-29-17/h1-3,5-6,8-11,17H,4,7,12-14H2,(H,24,26)/t17-/m0/s1. The van der Waals surface area contributed by atoms with Crippen LogP contribution in [-0.2, 0) is 19.4 Å². The Balaban J connectivity index is 1.57. The van der Waals surface area contributed by atoms with E-state index in [4.69, 9.17) is 20.8 Å². The maximum absolute atomic E-state index is 13.3. The van der Waals surface area contributed by atoms with Gasteiger partial charge in [0.1, 0.15) is 0 Å². The van der Waals surface area contributed by atoms with Crippen molar-refractivity contribution in [2.45, 2.75) is 34.0 Å². The largest absolute Gasteiger partial charge is 0.428 e. The number of benzene rings is 2. The van der Waals surface area contributed by atoms with E-state index >= 15 is 0 Å². The number of carbonyl (C=O) groups excluding carboxylic acids is 1. The minimum atomic E-state index is -3.98. The number of hydrogen-bond acceptors (Lipinski definition) is 7. The number of hydrogen-bond donors (Lipinski definition) is 1. The molecule has 7 nitrogen and oxygen atoms in total. The van der Waals surface area contributed by atoms with E-state index in [2.05, 4.69) is 10.3 Å². The molecule has 1 aromatic heterocycles. The van der Waals surface area contributed by atoms with Crippen LogP contribution in [0.2, 0.25) is 5.02 Å². The lowest BCUT2D eigenvalue weighted by Gasteiger charge is -2.10. The van der Waals surface area contributed by atoms with Crippen LogP contribution in [0.3, 0.4) is 0 Å². The van der Waals surface area contributed by atoms with Crippen LogP contribution in [0.1, 0.15) is 12.8 Å². The number of ether oxygens (including phenoxy) is 1. The molecule has 1 atom stereocenters. The van der Waals surface area contributed by atoms with Crippen LogP contribution in [-0.4, -0.2) is 44.3 Å². The molecule has 1 N–H and O–H groups in total. The summed E-state index contributed by atoms with van der Waals surface area (Å²) in [4.78, 5) is 16.6. The van der Waals surface area contributed by atoms with Gasteiger partial charge in [-0.2, -0.15) is 4.98 Å². The molecule has 32 heavy (non-hydrogen) atoms. The smallest absolute Gasteiger partial charge is 0.230 e. The van der Waals surface area contributed by atoms with Crippen molar-refractivity contribution in [3.05, 3.63) is 59.6 Å². The molecule has 1 aliphatic heterocycles. The van der Waals surface area contributed by atoms with Crippen LogP contribution < -0.4 is 5.32 Å². The first-order chi connectivity index (χ1) is 15.4. The summed E-state index contributed by atoms with van der Waals surface area (Å²) in [5.41, 5.74) is 0.634. The lowest BCUT2D eigenvalue weighted by Crippen LogP contribution is -2.32. The molecule has 1 saturated heterocycles. The number of nitrogens with zero attached hydrogens (tertiary/aromatic N) is 1. The molecule has 0 bridgehead atoms. The van der Waals surface area contributed by atoms with Gasteiger partial charge in [0.25, 0.3) is 0 Å². The molecule has 168 valence electrons. The Morgan fingerprint density at radius 3 is 2.59 bits per heavy atom. The topological polar surface area (TPSA) is 98.5 Å². The van der Waals surface area contributed by atoms with Gasteiger partial charge in [-0.25, -0.2) is 8.42 Å². The Morgan fingerprint density at radius 2 is 1.91 bits per heavy atom. The highest BCUT2D eigenvalue weighted by molar-refractivity contribution is 8.00. The van der Waals surface area contributed by atoms with Crippen molar-refractivity contribution >= 4 is 39.1 Å². The third kappa shape index (κ3) is 5.35. The van der Waals surface area contributed by atoms with Gasteiger partial charge in [0, 0.05) is 23.7 Å². The van der Waals surface area contributed by atoms with E-state index in [-0.39, 0.29) is 38.7 Å². The first-order valence-corrected chi connectivity index (χ1v) is 12.9. The zero-order valence-corrected chi connectivity index (χ0v) is 19.4. The Hall–Kier alpha value is -2.33. The Morgan fingerprint density at radius 1 is 1.16 bits per heavy atom. The first kappa shape index (κ1) is 22.8. The maximum Gasteiger partial charge on any atom is 0.230 e. The number of halogens is 1. The highest BCUT2D eigenvalue weighted by Gasteiger charge is 2.29. The molecule has 4 rings (SSSR count). The van der Waals surface area contributed by atoms with Crippen molar-refractivity contribution in [1.29, 1.82) is 0 Å². The van der Waals surface area contributed by atoms with Gasteiger partial charge in [0.05, 0.1) is 16.8 Å². The van der Waals surface area contributed by atoms with Gasteiger partial charge < -0.3 is 14.5 Å². The van der Waals surface area contributed by atoms with Crippen molar-refractivity contribution in [1.82, 2.24) is 10.3 Å². The van der Waals surface area contributed by atoms with Crippen LogP contribution in [0.5, 0.6) is 0 Å². The molecular weight excluding hydrogens is 472 g/mol. The van der Waals surface area contributed by atoms with Gasteiger partial charge in [-0.3, -0.25) is 4.79 Å². The second-order valence-electron chi connectivity index (χ2n) is 7.16. The summed E-state index contributed by atoms with van der Waals surface area (Å²) in [5.74, 6) is -0.0855. The van der Waals surface area contributed by atoms with E-state index in [1.54, 1.807) is 24.3 Å². The zero-order chi connectivity index (χ0) is 22.6. The fourth-order valence-corrected chi connectivity index (χ4v) is 5.68. The van der Waals surface area contributed by atoms with Crippen molar-refractivity contribution in [3.8, 4) is 11.5 Å². The molecule has 3 aromatic rings. The van der Waals surface area contributed by atoms with Crippen LogP contribution in [0.15, 0.2) is 74.0 Å². The summed E-state index contributed by atoms with van der Waals surface area (Å²) >= 11 is 6.89. The normalized spacial score (nSPS) is 16.2. The second-order valence-corrected chi connectivity index (χ2v) is 10.4. The van der Waals surface area contributed by atoms with E-state index < -0.39 is 9.84 Å². The average molecular weight is 493 g/mol. The third-order valence-electron chi connectivity index (χ3n) is 4.85. The van der Waals surface area contributed by atoms with Crippen molar-refractivity contribution < 1.29 is 22.4 Å². The van der Waals surface area contributed by atoms with Crippen LogP contribution >= 0.6 is 23.4 Å². The van der Waals surface area contributed by atoms with E-state index in [0.29, 0.717) is 23.7 Å². The Kier molecular flexibility index (Phi) is 7.20. The number of aromatic nitrogens is 1. The lowest BCUT2D eigenvalue weighted by molar-refractivity contribution is -0.119. The molecular formula is C22H21ClN2O5S2. The Bertz CT molecular complexity index is 1170. The van der Waals surface area contributed by atoms with Crippen LogP contribution in [0, 0.1) is 0 Å². The molecule has 10 heteroatoms. The number of sulfone groups is 1. The van der Waals surface area contributed by atoms with Gasteiger partial charge in [-0.05, 0) is 49.2 Å². The first-order valence-electron chi connectivity index (χ1n) is 10.0. The number of amides is 1. The minimum Gasteiger partial charge on any atom is -0.428 e. The predicted molar refractivity (Wildman–Crippen MR) is 122 cm³/mol. The molecule has 2 heterocycles. The van der Waals surface area contributed by atoms with E-state index in [1.165, 1.54) is 24.3 Å². The summed E-state index contributed by atoms with van der Waals surface area (Å²) in [6.07, 6.45) is 1.93.